The van der Waals surface area contributed by atoms with E-state index in [0.717, 1.165) is 14.6 Å². The van der Waals surface area contributed by atoms with Crippen LogP contribution in [0.2, 0.25) is 0 Å². The zero-order valence-corrected chi connectivity index (χ0v) is 14.2. The minimum atomic E-state index is -2.37. The van der Waals surface area contributed by atoms with Crippen molar-refractivity contribution < 1.29 is 13.2 Å². The smallest absolute Gasteiger partial charge is 0.284 e. The number of rotatable bonds is 6. The molecule has 1 heterocycles. The fourth-order valence-corrected chi connectivity index (χ4v) is 3.19. The van der Waals surface area contributed by atoms with Gasteiger partial charge in [-0.1, -0.05) is 27.7 Å². The lowest BCUT2D eigenvalue weighted by Crippen LogP contribution is -1.98. The Morgan fingerprint density at radius 2 is 1.90 bits per heavy atom. The average Bonchev–Trinajstić information content (AvgIpc) is 2.83. The van der Waals surface area contributed by atoms with Crippen LogP contribution in [0, 0.1) is 0 Å². The second-order valence-corrected chi connectivity index (χ2v) is 6.67. The molecule has 0 bridgehead atoms. The molecule has 0 aliphatic rings. The summed E-state index contributed by atoms with van der Waals surface area (Å²) in [5.41, 5.74) is 0.938. The van der Waals surface area contributed by atoms with Gasteiger partial charge in [0, 0.05) is 14.6 Å². The zero-order chi connectivity index (χ0) is 14.5. The molecule has 0 unspecified atom stereocenters. The lowest BCUT2D eigenvalue weighted by atomic mass is 10.3. The van der Waals surface area contributed by atoms with Gasteiger partial charge in [0.1, 0.15) is 11.5 Å². The second-order valence-electron chi connectivity index (χ2n) is 3.92. The van der Waals surface area contributed by atoms with Gasteiger partial charge in [-0.15, -0.1) is 0 Å². The lowest BCUT2D eigenvalue weighted by molar-refractivity contribution is 0.251. The summed E-state index contributed by atoms with van der Waals surface area (Å²) < 4.78 is 31.5. The number of anilines is 1. The van der Waals surface area contributed by atoms with Crippen molar-refractivity contribution in [3.8, 4) is 0 Å². The normalized spacial score (nSPS) is 11.1. The molecule has 2 nitrogen and oxygen atoms in total. The van der Waals surface area contributed by atoms with Crippen molar-refractivity contribution in [1.29, 1.82) is 0 Å². The van der Waals surface area contributed by atoms with Crippen molar-refractivity contribution in [1.82, 2.24) is 0 Å². The molecule has 7 heteroatoms. The Hall–Kier alpha value is -0.530. The van der Waals surface area contributed by atoms with E-state index in [9.17, 15) is 8.78 Å². The van der Waals surface area contributed by atoms with E-state index in [0.29, 0.717) is 29.8 Å². The van der Waals surface area contributed by atoms with E-state index in [1.54, 1.807) is 12.1 Å². The van der Waals surface area contributed by atoms with Gasteiger partial charge in [0.05, 0.1) is 12.3 Å². The number of halogens is 4. The van der Waals surface area contributed by atoms with Crippen LogP contribution in [-0.4, -0.2) is 5.76 Å². The minimum Gasteiger partial charge on any atom is -0.463 e. The fourth-order valence-electron chi connectivity index (χ4n) is 1.56. The zero-order valence-electron chi connectivity index (χ0n) is 10.2. The summed E-state index contributed by atoms with van der Waals surface area (Å²) in [6.45, 7) is 0.500. The number of hydrogen-bond donors (Lipinski definition) is 1. The van der Waals surface area contributed by atoms with Gasteiger partial charge < -0.3 is 9.73 Å². The highest BCUT2D eigenvalue weighted by Crippen LogP contribution is 2.27. The van der Waals surface area contributed by atoms with Crippen LogP contribution < -0.4 is 5.32 Å². The maximum atomic E-state index is 12.1. The van der Waals surface area contributed by atoms with E-state index in [2.05, 4.69) is 37.2 Å². The Bertz CT molecular complexity index is 577. The first-order chi connectivity index (χ1) is 9.54. The quantitative estimate of drug-likeness (QED) is 0.624. The predicted octanol–water partition coefficient (Wildman–Crippen LogP) is 5.87. The molecule has 0 amide bonds. The molecule has 108 valence electrons. The molecule has 0 saturated heterocycles. The van der Waals surface area contributed by atoms with E-state index in [-0.39, 0.29) is 5.75 Å². The number of nitrogens with one attached hydrogen (secondary N) is 1. The molecule has 1 aromatic heterocycles. The van der Waals surface area contributed by atoms with Crippen molar-refractivity contribution in [3.63, 3.8) is 0 Å². The van der Waals surface area contributed by atoms with Gasteiger partial charge in [-0.3, -0.25) is 0 Å². The highest BCUT2D eigenvalue weighted by Gasteiger charge is 2.08. The fraction of sp³-hybridized carbons (Fsp3) is 0.231. The molecule has 0 aliphatic heterocycles. The van der Waals surface area contributed by atoms with Gasteiger partial charge in [-0.25, -0.2) is 0 Å². The molecular weight excluding hydrogens is 416 g/mol. The van der Waals surface area contributed by atoms with Crippen LogP contribution in [0.4, 0.5) is 14.5 Å². The summed E-state index contributed by atoms with van der Waals surface area (Å²) in [5.74, 6) is -0.924. The summed E-state index contributed by atoms with van der Waals surface area (Å²) in [6, 6.07) is 9.32. The summed E-state index contributed by atoms with van der Waals surface area (Å²) in [6.07, 6.45) is 0. The minimum absolute atomic E-state index is 0.180. The first kappa shape index (κ1) is 15.9. The third-order valence-electron chi connectivity index (χ3n) is 2.45. The van der Waals surface area contributed by atoms with Crippen LogP contribution in [0.5, 0.6) is 0 Å². The number of benzene rings is 1. The average molecular weight is 427 g/mol. The number of thioether (sulfide) groups is 1. The molecule has 2 aromatic rings. The second kappa shape index (κ2) is 7.47. The predicted molar refractivity (Wildman–Crippen MR) is 85.2 cm³/mol. The standard InChI is InChI=1S/C13H11Br2F2NOS/c14-8-1-4-12(11(15)5-8)18-6-9-2-3-10(19-9)7-20-13(16)17/h1-5,13,18H,6-7H2. The van der Waals surface area contributed by atoms with Crippen molar-refractivity contribution in [3.05, 3.63) is 50.8 Å². The number of hydrogen-bond acceptors (Lipinski definition) is 3. The number of alkyl halides is 2. The summed E-state index contributed by atoms with van der Waals surface area (Å²) in [5, 5.41) is 3.22. The molecule has 1 N–H and O–H groups in total. The van der Waals surface area contributed by atoms with Crippen molar-refractivity contribution in [2.45, 2.75) is 18.1 Å². The monoisotopic (exact) mass is 425 g/mol. The molecule has 0 spiro atoms. The summed E-state index contributed by atoms with van der Waals surface area (Å²) in [7, 11) is 0. The molecule has 2 rings (SSSR count). The maximum Gasteiger partial charge on any atom is 0.284 e. The van der Waals surface area contributed by atoms with Crippen LogP contribution in [0.1, 0.15) is 11.5 Å². The van der Waals surface area contributed by atoms with Gasteiger partial charge in [0.2, 0.25) is 0 Å². The van der Waals surface area contributed by atoms with Crippen molar-refractivity contribution in [2.24, 2.45) is 0 Å². The van der Waals surface area contributed by atoms with Crippen molar-refractivity contribution >= 4 is 49.3 Å². The SMILES string of the molecule is FC(F)SCc1ccc(CNc2ccc(Br)cc2Br)o1. The Kier molecular flexibility index (Phi) is 5.92. The van der Waals surface area contributed by atoms with E-state index < -0.39 is 5.76 Å². The number of furan rings is 1. The van der Waals surface area contributed by atoms with Crippen LogP contribution in [0.15, 0.2) is 43.7 Å². The molecule has 0 fully saturated rings. The summed E-state index contributed by atoms with van der Waals surface area (Å²) >= 11 is 7.40. The van der Waals surface area contributed by atoms with Gasteiger partial charge in [-0.2, -0.15) is 8.78 Å². The van der Waals surface area contributed by atoms with E-state index in [1.165, 1.54) is 0 Å². The lowest BCUT2D eigenvalue weighted by Gasteiger charge is -2.07. The van der Waals surface area contributed by atoms with Crippen molar-refractivity contribution in [2.75, 3.05) is 5.32 Å². The summed E-state index contributed by atoms with van der Waals surface area (Å²) in [4.78, 5) is 0. The van der Waals surface area contributed by atoms with Crippen LogP contribution in [0.3, 0.4) is 0 Å². The van der Waals surface area contributed by atoms with Gasteiger partial charge in [0.15, 0.2) is 0 Å². The third-order valence-corrected chi connectivity index (χ3v) is 4.31. The van der Waals surface area contributed by atoms with Gasteiger partial charge in [-0.05, 0) is 46.3 Å². The molecular formula is C13H11Br2F2NOS. The maximum absolute atomic E-state index is 12.1. The third kappa shape index (κ3) is 4.79. The van der Waals surface area contributed by atoms with Crippen LogP contribution in [-0.2, 0) is 12.3 Å². The first-order valence-corrected chi connectivity index (χ1v) is 8.34. The first-order valence-electron chi connectivity index (χ1n) is 5.71. The highest BCUT2D eigenvalue weighted by molar-refractivity contribution is 9.11. The molecule has 0 aliphatic carbocycles. The topological polar surface area (TPSA) is 25.2 Å². The Balaban J connectivity index is 1.90. The van der Waals surface area contributed by atoms with E-state index in [4.69, 9.17) is 4.42 Å². The Labute approximate surface area is 136 Å². The molecule has 20 heavy (non-hydrogen) atoms. The van der Waals surface area contributed by atoms with Gasteiger partial charge in [0.25, 0.3) is 5.76 Å². The molecule has 0 saturated carbocycles. The Morgan fingerprint density at radius 3 is 2.60 bits per heavy atom. The highest BCUT2D eigenvalue weighted by atomic mass is 79.9. The molecule has 0 radical (unpaired) electrons. The molecule has 1 aromatic carbocycles. The van der Waals surface area contributed by atoms with Crippen LogP contribution >= 0.6 is 43.6 Å². The van der Waals surface area contributed by atoms with Gasteiger partial charge >= 0.3 is 0 Å². The Morgan fingerprint density at radius 1 is 1.15 bits per heavy atom. The van der Waals surface area contributed by atoms with Crippen LogP contribution in [0.25, 0.3) is 0 Å². The largest absolute Gasteiger partial charge is 0.463 e. The molecule has 0 atom stereocenters. The van der Waals surface area contributed by atoms with E-state index >= 15 is 0 Å². The van der Waals surface area contributed by atoms with E-state index in [1.807, 2.05) is 18.2 Å².